The Morgan fingerprint density at radius 2 is 1.56 bits per heavy atom. The molecule has 0 atom stereocenters. The number of aromatic hydroxyl groups is 1. The summed E-state index contributed by atoms with van der Waals surface area (Å²) in [5.74, 6) is -0.983. The van der Waals surface area contributed by atoms with E-state index in [-0.39, 0.29) is 32.8 Å². The molecule has 0 radical (unpaired) electrons. The molecular weight excluding hydrogens is 514 g/mol. The van der Waals surface area contributed by atoms with Crippen molar-refractivity contribution < 1.29 is 43.6 Å². The van der Waals surface area contributed by atoms with Crippen molar-refractivity contribution in [3.05, 3.63) is 48.5 Å². The molecule has 182 valence electrons. The van der Waals surface area contributed by atoms with Gasteiger partial charge in [0.25, 0.3) is 10.1 Å². The van der Waals surface area contributed by atoms with Gasteiger partial charge >= 0.3 is 10.4 Å². The summed E-state index contributed by atoms with van der Waals surface area (Å²) in [6.45, 7) is -0.797. The highest BCUT2D eigenvalue weighted by atomic mass is 32.3. The van der Waals surface area contributed by atoms with Crippen LogP contribution in [-0.2, 0) is 34.5 Å². The van der Waals surface area contributed by atoms with E-state index in [1.54, 1.807) is 0 Å². The predicted molar refractivity (Wildman–Crippen MR) is 120 cm³/mol. The monoisotopic (exact) mass is 531 g/mol. The second-order valence-electron chi connectivity index (χ2n) is 6.75. The molecule has 0 heterocycles. The molecule has 3 aromatic rings. The molecule has 5 N–H and O–H groups in total. The number of hydrogen-bond donors (Lipinski definition) is 4. The number of sulfone groups is 1. The van der Waals surface area contributed by atoms with E-state index in [0.717, 1.165) is 18.2 Å². The smallest absolute Gasteiger partial charge is 0.397 e. The van der Waals surface area contributed by atoms with E-state index in [1.807, 2.05) is 0 Å². The van der Waals surface area contributed by atoms with Crippen LogP contribution in [0.25, 0.3) is 10.8 Å². The third-order valence-electron chi connectivity index (χ3n) is 4.44. The van der Waals surface area contributed by atoms with Crippen LogP contribution in [0, 0.1) is 0 Å². The first kappa shape index (κ1) is 25.5. The van der Waals surface area contributed by atoms with E-state index in [1.165, 1.54) is 30.3 Å². The van der Waals surface area contributed by atoms with E-state index >= 15 is 0 Å². The van der Waals surface area contributed by atoms with Crippen LogP contribution in [0.2, 0.25) is 0 Å². The van der Waals surface area contributed by atoms with Crippen LogP contribution >= 0.6 is 0 Å². The Morgan fingerprint density at radius 3 is 2.15 bits per heavy atom. The highest BCUT2D eigenvalue weighted by Crippen LogP contribution is 2.41. The summed E-state index contributed by atoms with van der Waals surface area (Å²) in [7, 11) is -13.5. The molecule has 0 fully saturated rings. The van der Waals surface area contributed by atoms with E-state index < -0.39 is 53.3 Å². The maximum absolute atomic E-state index is 12.2. The van der Waals surface area contributed by atoms with Gasteiger partial charge in [0.05, 0.1) is 28.6 Å². The Bertz CT molecular complexity index is 1600. The SMILES string of the molecule is Nc1c(N=Nc2ccc(S(=O)(=O)CCOS(=O)(=O)O)cc2)c(S(=O)(=O)O)cc2cccc(O)c12. The average Bonchev–Trinajstić information content (AvgIpc) is 2.71. The number of phenolic OH excluding ortho intramolecular Hbond substituents is 1. The third-order valence-corrected chi connectivity index (χ3v) is 7.47. The molecule has 0 amide bonds. The van der Waals surface area contributed by atoms with E-state index in [2.05, 4.69) is 14.4 Å². The Kier molecular flexibility index (Phi) is 6.92. The van der Waals surface area contributed by atoms with Crippen LogP contribution < -0.4 is 5.73 Å². The molecule has 0 aliphatic heterocycles. The van der Waals surface area contributed by atoms with Crippen molar-refractivity contribution in [1.82, 2.24) is 0 Å². The maximum Gasteiger partial charge on any atom is 0.397 e. The maximum atomic E-state index is 12.2. The molecule has 34 heavy (non-hydrogen) atoms. The van der Waals surface area contributed by atoms with Gasteiger partial charge in [0, 0.05) is 5.39 Å². The van der Waals surface area contributed by atoms with Gasteiger partial charge in [-0.1, -0.05) is 12.1 Å². The Balaban J connectivity index is 1.95. The van der Waals surface area contributed by atoms with Gasteiger partial charge in [-0.2, -0.15) is 21.9 Å². The van der Waals surface area contributed by atoms with Crippen molar-refractivity contribution in [2.75, 3.05) is 18.1 Å². The van der Waals surface area contributed by atoms with Crippen LogP contribution in [0.3, 0.4) is 0 Å². The molecule has 0 spiro atoms. The van der Waals surface area contributed by atoms with Gasteiger partial charge < -0.3 is 10.8 Å². The molecule has 0 aliphatic carbocycles. The number of rotatable bonds is 8. The zero-order valence-electron chi connectivity index (χ0n) is 16.9. The van der Waals surface area contributed by atoms with Gasteiger partial charge in [-0.25, -0.2) is 12.6 Å². The summed E-state index contributed by atoms with van der Waals surface area (Å²) in [5, 5.41) is 18.0. The first-order chi connectivity index (χ1) is 15.7. The van der Waals surface area contributed by atoms with Crippen LogP contribution in [0.4, 0.5) is 17.1 Å². The van der Waals surface area contributed by atoms with Gasteiger partial charge in [-0.3, -0.25) is 9.11 Å². The molecule has 13 nitrogen and oxygen atoms in total. The zero-order valence-corrected chi connectivity index (χ0v) is 19.4. The molecule has 3 rings (SSSR count). The number of anilines is 1. The van der Waals surface area contributed by atoms with Crippen molar-refractivity contribution in [3.63, 3.8) is 0 Å². The van der Waals surface area contributed by atoms with Gasteiger partial charge in [0.2, 0.25) is 0 Å². The van der Waals surface area contributed by atoms with Gasteiger partial charge in [0.15, 0.2) is 9.84 Å². The molecule has 0 aliphatic rings. The fraction of sp³-hybridized carbons (Fsp3) is 0.111. The molecule has 16 heteroatoms. The molecule has 0 saturated carbocycles. The number of azo groups is 1. The topological polar surface area (TPSA) is 223 Å². The number of fused-ring (bicyclic) bond motifs is 1. The third kappa shape index (κ3) is 5.85. The fourth-order valence-electron chi connectivity index (χ4n) is 2.93. The van der Waals surface area contributed by atoms with Gasteiger partial charge in [-0.05, 0) is 41.8 Å². The lowest BCUT2D eigenvalue weighted by Crippen LogP contribution is -2.15. The second-order valence-corrected chi connectivity index (χ2v) is 11.3. The number of nitrogen functional groups attached to an aromatic ring is 1. The van der Waals surface area contributed by atoms with Crippen LogP contribution in [0.15, 0.2) is 68.6 Å². The highest BCUT2D eigenvalue weighted by Gasteiger charge is 2.22. The molecule has 0 saturated heterocycles. The number of nitrogens with zero attached hydrogens (tertiary/aromatic N) is 2. The Hall–Kier alpha value is -3.15. The van der Waals surface area contributed by atoms with E-state index in [4.69, 9.17) is 10.3 Å². The molecule has 0 bridgehead atoms. The molecule has 3 aromatic carbocycles. The average molecular weight is 532 g/mol. The minimum Gasteiger partial charge on any atom is -0.507 e. The molecule has 0 unspecified atom stereocenters. The number of nitrogens with two attached hydrogens (primary N) is 1. The highest BCUT2D eigenvalue weighted by molar-refractivity contribution is 7.91. The molecular formula is C18H17N3O10S3. The first-order valence-electron chi connectivity index (χ1n) is 9.07. The minimum atomic E-state index is -4.78. The normalized spacial score (nSPS) is 13.0. The van der Waals surface area contributed by atoms with Crippen LogP contribution in [0.5, 0.6) is 5.75 Å². The number of hydrogen-bond acceptors (Lipinski definition) is 11. The van der Waals surface area contributed by atoms with E-state index in [9.17, 15) is 34.9 Å². The van der Waals surface area contributed by atoms with Crippen molar-refractivity contribution >= 4 is 58.2 Å². The number of benzene rings is 3. The predicted octanol–water partition coefficient (Wildman–Crippen LogP) is 2.38. The fourth-order valence-corrected chi connectivity index (χ4v) is 5.09. The lowest BCUT2D eigenvalue weighted by atomic mass is 10.1. The van der Waals surface area contributed by atoms with Crippen molar-refractivity contribution in [1.29, 1.82) is 0 Å². The quantitative estimate of drug-likeness (QED) is 0.187. The summed E-state index contributed by atoms with van der Waals surface area (Å²) < 4.78 is 91.3. The summed E-state index contributed by atoms with van der Waals surface area (Å²) in [6.07, 6.45) is 0. The first-order valence-corrected chi connectivity index (χ1v) is 13.5. The Labute approximate surface area is 194 Å². The van der Waals surface area contributed by atoms with Crippen molar-refractivity contribution in [2.24, 2.45) is 10.2 Å². The van der Waals surface area contributed by atoms with Gasteiger partial charge in [0.1, 0.15) is 16.3 Å². The lowest BCUT2D eigenvalue weighted by molar-refractivity contribution is 0.284. The summed E-state index contributed by atoms with van der Waals surface area (Å²) in [6, 6.07) is 10.0. The lowest BCUT2D eigenvalue weighted by Gasteiger charge is -2.10. The second kappa shape index (κ2) is 9.24. The van der Waals surface area contributed by atoms with Crippen LogP contribution in [-0.4, -0.2) is 51.8 Å². The Morgan fingerprint density at radius 1 is 0.912 bits per heavy atom. The summed E-state index contributed by atoms with van der Waals surface area (Å²) >= 11 is 0. The largest absolute Gasteiger partial charge is 0.507 e. The van der Waals surface area contributed by atoms with Crippen molar-refractivity contribution in [3.8, 4) is 5.75 Å². The van der Waals surface area contributed by atoms with Gasteiger partial charge in [-0.15, -0.1) is 5.11 Å². The van der Waals surface area contributed by atoms with E-state index in [0.29, 0.717) is 0 Å². The summed E-state index contributed by atoms with van der Waals surface area (Å²) in [5.41, 5.74) is 5.38. The zero-order chi connectivity index (χ0) is 25.3. The van der Waals surface area contributed by atoms with Crippen LogP contribution in [0.1, 0.15) is 0 Å². The number of phenols is 1. The minimum absolute atomic E-state index is 0.0752. The van der Waals surface area contributed by atoms with Crippen molar-refractivity contribution in [2.45, 2.75) is 9.79 Å². The standard InChI is InChI=1S/C18H17N3O10S3/c19-17-16-11(2-1-3-14(16)22)10-15(33(25,26)27)18(17)21-20-12-4-6-13(7-5-12)32(23,24)9-8-31-34(28,29)30/h1-7,10,22H,8-9,19H2,(H,25,26,27)(H,28,29,30). The molecule has 0 aromatic heterocycles. The summed E-state index contributed by atoms with van der Waals surface area (Å²) in [4.78, 5) is -0.857.